The molecule has 0 N–H and O–H groups in total. The molecule has 1 aliphatic carbocycles. The number of amides is 1. The van der Waals surface area contributed by atoms with Crippen molar-refractivity contribution in [3.05, 3.63) is 29.8 Å². The van der Waals surface area contributed by atoms with Gasteiger partial charge in [-0.15, -0.1) is 5.11 Å². The van der Waals surface area contributed by atoms with Gasteiger partial charge in [-0.3, -0.25) is 4.79 Å². The van der Waals surface area contributed by atoms with Crippen LogP contribution in [0.15, 0.2) is 34.5 Å². The molecule has 0 aromatic heterocycles. The minimum atomic E-state index is -0.239. The largest absolute Gasteiger partial charge is 0.295 e. The molecular formula is C10H11BN2O. The molecule has 0 spiro atoms. The molecule has 4 heteroatoms. The van der Waals surface area contributed by atoms with Crippen LogP contribution in [0.2, 0.25) is 0 Å². The van der Waals surface area contributed by atoms with Gasteiger partial charge < -0.3 is 0 Å². The zero-order valence-corrected chi connectivity index (χ0v) is 8.10. The van der Waals surface area contributed by atoms with Gasteiger partial charge in [-0.05, 0) is 25.0 Å². The average Bonchev–Trinajstić information content (AvgIpc) is 2.99. The first-order chi connectivity index (χ1) is 6.75. The van der Waals surface area contributed by atoms with Crippen LogP contribution in [0.3, 0.4) is 0 Å². The Kier molecular flexibility index (Phi) is 2.44. The van der Waals surface area contributed by atoms with Gasteiger partial charge in [0.25, 0.3) is 5.91 Å². The summed E-state index contributed by atoms with van der Waals surface area (Å²) in [6.45, 7) is 0. The Morgan fingerprint density at radius 2 is 1.93 bits per heavy atom. The van der Waals surface area contributed by atoms with E-state index in [9.17, 15) is 4.79 Å². The van der Waals surface area contributed by atoms with Gasteiger partial charge in [0.05, 0.1) is 6.04 Å². The van der Waals surface area contributed by atoms with Gasteiger partial charge in [0, 0.05) is 5.56 Å². The van der Waals surface area contributed by atoms with Gasteiger partial charge in [0.1, 0.15) is 7.85 Å². The Balaban J connectivity index is 2.06. The summed E-state index contributed by atoms with van der Waals surface area (Å²) >= 11 is 0. The van der Waals surface area contributed by atoms with Crippen molar-refractivity contribution in [2.24, 2.45) is 10.2 Å². The third-order valence-electron chi connectivity index (χ3n) is 2.16. The average molecular weight is 186 g/mol. The van der Waals surface area contributed by atoms with Crippen LogP contribution in [0.1, 0.15) is 23.2 Å². The standard InChI is InChI=1S/C10H11BN2O/c11-8-3-1-7(2-4-8)10(14)13-12-9-5-6-9/h1-4,9H,5-6,11H2. The van der Waals surface area contributed by atoms with Gasteiger partial charge in [-0.2, -0.15) is 5.11 Å². The summed E-state index contributed by atoms with van der Waals surface area (Å²) in [4.78, 5) is 11.4. The molecule has 0 radical (unpaired) electrons. The first-order valence-electron chi connectivity index (χ1n) is 4.77. The molecule has 1 aromatic rings. The number of rotatable bonds is 2. The van der Waals surface area contributed by atoms with Gasteiger partial charge >= 0.3 is 0 Å². The van der Waals surface area contributed by atoms with E-state index in [2.05, 4.69) is 10.2 Å². The number of azo groups is 1. The molecule has 1 aliphatic rings. The van der Waals surface area contributed by atoms with Crippen LogP contribution < -0.4 is 5.46 Å². The van der Waals surface area contributed by atoms with Gasteiger partial charge in [0.2, 0.25) is 0 Å². The maximum Gasteiger partial charge on any atom is 0.295 e. The zero-order valence-electron chi connectivity index (χ0n) is 8.10. The molecule has 1 saturated carbocycles. The van der Waals surface area contributed by atoms with E-state index in [1.807, 2.05) is 20.0 Å². The lowest BCUT2D eigenvalue weighted by Gasteiger charge is -1.94. The Morgan fingerprint density at radius 1 is 1.29 bits per heavy atom. The maximum atomic E-state index is 11.4. The molecule has 0 aliphatic heterocycles. The summed E-state index contributed by atoms with van der Waals surface area (Å²) < 4.78 is 0. The second-order valence-corrected chi connectivity index (χ2v) is 3.62. The molecule has 1 fully saturated rings. The number of hydrogen-bond donors (Lipinski definition) is 0. The lowest BCUT2D eigenvalue weighted by molar-refractivity contribution is 0.0993. The Bertz CT molecular complexity index is 368. The summed E-state index contributed by atoms with van der Waals surface area (Å²) in [6, 6.07) is 7.68. The highest BCUT2D eigenvalue weighted by molar-refractivity contribution is 6.32. The summed E-state index contributed by atoms with van der Waals surface area (Å²) in [5.74, 6) is -0.239. The van der Waals surface area contributed by atoms with Crippen molar-refractivity contribution in [3.8, 4) is 0 Å². The van der Waals surface area contributed by atoms with E-state index in [0.29, 0.717) is 11.6 Å². The first kappa shape index (κ1) is 9.12. The van der Waals surface area contributed by atoms with Crippen LogP contribution >= 0.6 is 0 Å². The fourth-order valence-corrected chi connectivity index (χ4v) is 1.08. The topological polar surface area (TPSA) is 41.8 Å². The highest BCUT2D eigenvalue weighted by Crippen LogP contribution is 2.23. The van der Waals surface area contributed by atoms with Crippen LogP contribution in [-0.4, -0.2) is 19.8 Å². The molecule has 3 nitrogen and oxygen atoms in total. The SMILES string of the molecule is Bc1ccc(C(=O)N=NC2CC2)cc1. The lowest BCUT2D eigenvalue weighted by atomic mass is 9.95. The normalized spacial score (nSPS) is 16.0. The van der Waals surface area contributed by atoms with Crippen LogP contribution in [-0.2, 0) is 0 Å². The molecule has 0 unspecified atom stereocenters. The van der Waals surface area contributed by atoms with E-state index in [-0.39, 0.29) is 5.91 Å². The molecule has 0 heterocycles. The summed E-state index contributed by atoms with van der Waals surface area (Å²) in [6.07, 6.45) is 2.15. The zero-order chi connectivity index (χ0) is 9.97. The molecular weight excluding hydrogens is 175 g/mol. The molecule has 1 aromatic carbocycles. The summed E-state index contributed by atoms with van der Waals surface area (Å²) in [7, 11) is 1.99. The maximum absolute atomic E-state index is 11.4. The second kappa shape index (κ2) is 3.74. The Morgan fingerprint density at radius 3 is 2.50 bits per heavy atom. The Hall–Kier alpha value is -1.45. The van der Waals surface area contributed by atoms with Gasteiger partial charge in [-0.1, -0.05) is 17.6 Å². The molecule has 2 rings (SSSR count). The van der Waals surface area contributed by atoms with Crippen molar-refractivity contribution in [1.29, 1.82) is 0 Å². The minimum absolute atomic E-state index is 0.239. The molecule has 1 amide bonds. The van der Waals surface area contributed by atoms with E-state index >= 15 is 0 Å². The lowest BCUT2D eigenvalue weighted by Crippen LogP contribution is -2.03. The van der Waals surface area contributed by atoms with Crippen molar-refractivity contribution in [2.75, 3.05) is 0 Å². The Labute approximate surface area is 83.6 Å². The van der Waals surface area contributed by atoms with Crippen LogP contribution in [0.5, 0.6) is 0 Å². The second-order valence-electron chi connectivity index (χ2n) is 3.62. The van der Waals surface area contributed by atoms with E-state index in [1.54, 1.807) is 12.1 Å². The number of benzene rings is 1. The molecule has 14 heavy (non-hydrogen) atoms. The molecule has 0 atom stereocenters. The first-order valence-corrected chi connectivity index (χ1v) is 4.77. The fourth-order valence-electron chi connectivity index (χ4n) is 1.08. The highest BCUT2D eigenvalue weighted by atomic mass is 16.1. The van der Waals surface area contributed by atoms with E-state index < -0.39 is 0 Å². The van der Waals surface area contributed by atoms with Crippen LogP contribution in [0.25, 0.3) is 0 Å². The number of carbonyl (C=O) groups is 1. The summed E-state index contributed by atoms with van der Waals surface area (Å²) in [5.41, 5.74) is 1.75. The van der Waals surface area contributed by atoms with Crippen LogP contribution in [0.4, 0.5) is 0 Å². The number of hydrogen-bond acceptors (Lipinski definition) is 2. The minimum Gasteiger partial charge on any atom is -0.265 e. The molecule has 70 valence electrons. The van der Waals surface area contributed by atoms with Gasteiger partial charge in [-0.25, -0.2) is 0 Å². The van der Waals surface area contributed by atoms with Crippen molar-refractivity contribution >= 4 is 19.2 Å². The monoisotopic (exact) mass is 186 g/mol. The third kappa shape index (κ3) is 2.28. The number of nitrogens with zero attached hydrogens (tertiary/aromatic N) is 2. The van der Waals surface area contributed by atoms with E-state index in [1.165, 1.54) is 0 Å². The van der Waals surface area contributed by atoms with Crippen molar-refractivity contribution in [3.63, 3.8) is 0 Å². The fraction of sp³-hybridized carbons (Fsp3) is 0.300. The van der Waals surface area contributed by atoms with Crippen LogP contribution in [0, 0.1) is 0 Å². The third-order valence-corrected chi connectivity index (χ3v) is 2.16. The predicted molar refractivity (Wildman–Crippen MR) is 56.8 cm³/mol. The smallest absolute Gasteiger partial charge is 0.265 e. The molecule has 0 bridgehead atoms. The van der Waals surface area contributed by atoms with Crippen molar-refractivity contribution in [2.45, 2.75) is 18.9 Å². The highest BCUT2D eigenvalue weighted by Gasteiger charge is 2.20. The van der Waals surface area contributed by atoms with E-state index in [0.717, 1.165) is 18.3 Å². The summed E-state index contributed by atoms with van der Waals surface area (Å²) in [5, 5.41) is 7.58. The molecule has 0 saturated heterocycles. The van der Waals surface area contributed by atoms with Crippen molar-refractivity contribution in [1.82, 2.24) is 0 Å². The van der Waals surface area contributed by atoms with Crippen molar-refractivity contribution < 1.29 is 4.79 Å². The quantitative estimate of drug-likeness (QED) is 0.495. The number of carbonyl (C=O) groups excluding carboxylic acids is 1. The predicted octanol–water partition coefficient (Wildman–Crippen LogP) is 0.700. The van der Waals surface area contributed by atoms with E-state index in [4.69, 9.17) is 0 Å². The van der Waals surface area contributed by atoms with Gasteiger partial charge in [0.15, 0.2) is 0 Å².